The number of piperazine rings is 2. The molecule has 276 valence electrons. The van der Waals surface area contributed by atoms with E-state index in [4.69, 9.17) is 16.2 Å². The SMILES string of the molecule is C[C@H](c1ccccc1)N1CCN(c2cc(-c3ccccc3OCS(=O)(=O)N3CCN(c4cc(-c5ccccc5O)nnc4N)C[C@H]3C)nnc2N)CC1. The smallest absolute Gasteiger partial charge is 0.249 e. The quantitative estimate of drug-likeness (QED) is 0.186. The highest BCUT2D eigenvalue weighted by Gasteiger charge is 2.34. The lowest BCUT2D eigenvalue weighted by Gasteiger charge is -2.40. The lowest BCUT2D eigenvalue weighted by atomic mass is 10.1. The fraction of sp³-hybridized carbons (Fsp3) is 0.316. The van der Waals surface area contributed by atoms with Crippen LogP contribution in [0, 0.1) is 0 Å². The Kier molecular flexibility index (Phi) is 10.3. The Morgan fingerprint density at radius 2 is 1.32 bits per heavy atom. The molecule has 2 aromatic heterocycles. The number of aromatic nitrogens is 4. The molecule has 0 aliphatic carbocycles. The second-order valence-corrected chi connectivity index (χ2v) is 15.3. The minimum absolute atomic E-state index is 0.0789. The summed E-state index contributed by atoms with van der Waals surface area (Å²) in [5, 5.41) is 27.3. The Hall–Kier alpha value is -5.51. The molecule has 2 atom stereocenters. The molecule has 2 aliphatic rings. The van der Waals surface area contributed by atoms with Crippen molar-refractivity contribution in [3.63, 3.8) is 0 Å². The maximum absolute atomic E-state index is 13.7. The number of nitrogens with two attached hydrogens (primary N) is 2. The summed E-state index contributed by atoms with van der Waals surface area (Å²) in [6, 6.07) is 28.1. The molecule has 0 spiro atoms. The average molecular weight is 737 g/mol. The van der Waals surface area contributed by atoms with Gasteiger partial charge in [0, 0.05) is 69.0 Å². The molecule has 2 saturated heterocycles. The van der Waals surface area contributed by atoms with Gasteiger partial charge in [-0.25, -0.2) is 8.42 Å². The summed E-state index contributed by atoms with van der Waals surface area (Å²) in [7, 11) is -3.84. The first-order valence-corrected chi connectivity index (χ1v) is 19.3. The highest BCUT2D eigenvalue weighted by molar-refractivity contribution is 7.88. The third kappa shape index (κ3) is 7.68. The van der Waals surface area contributed by atoms with E-state index in [1.54, 1.807) is 42.5 Å². The maximum Gasteiger partial charge on any atom is 0.249 e. The number of phenols is 1. The summed E-state index contributed by atoms with van der Waals surface area (Å²) in [6.07, 6.45) is 0. The number of sulfonamides is 1. The standard InChI is InChI=1S/C38H44N10O4S/c1-26-24-47(34-22-31(41-44-38(34)40)29-12-6-8-14-35(29)49)20-21-48(26)53(50,51)25-52-36-15-9-7-13-30(36)32-23-33(37(39)43-42-32)46-18-16-45(17-19-46)27(2)28-10-4-3-5-11-28/h3-15,22-23,26-27,49H,16-21,24-25H2,1-2H3,(H2,39,43)(H2,40,44)/t26-,27-/m1/s1. The van der Waals surface area contributed by atoms with E-state index in [0.717, 1.165) is 31.9 Å². The Labute approximate surface area is 309 Å². The Morgan fingerprint density at radius 3 is 1.98 bits per heavy atom. The highest BCUT2D eigenvalue weighted by Crippen LogP contribution is 2.35. The van der Waals surface area contributed by atoms with E-state index < -0.39 is 22.0 Å². The first kappa shape index (κ1) is 35.9. The van der Waals surface area contributed by atoms with E-state index >= 15 is 0 Å². The number of benzene rings is 3. The number of ether oxygens (including phenoxy) is 1. The molecule has 3 aromatic carbocycles. The monoisotopic (exact) mass is 736 g/mol. The van der Waals surface area contributed by atoms with E-state index in [1.165, 1.54) is 9.87 Å². The van der Waals surface area contributed by atoms with Gasteiger partial charge in [-0.2, -0.15) is 4.31 Å². The van der Waals surface area contributed by atoms with Crippen molar-refractivity contribution in [2.45, 2.75) is 25.9 Å². The Bertz CT molecular complexity index is 2170. The minimum atomic E-state index is -3.84. The molecule has 0 unspecified atom stereocenters. The number of nitrogens with zero attached hydrogens (tertiary/aromatic N) is 8. The molecule has 0 saturated carbocycles. The van der Waals surface area contributed by atoms with Crippen molar-refractivity contribution < 1.29 is 18.3 Å². The third-order valence-electron chi connectivity index (χ3n) is 10.1. The van der Waals surface area contributed by atoms with Gasteiger partial charge >= 0.3 is 0 Å². The molecular weight excluding hydrogens is 693 g/mol. The first-order chi connectivity index (χ1) is 25.6. The van der Waals surface area contributed by atoms with Crippen molar-refractivity contribution in [3.05, 3.63) is 96.6 Å². The summed E-state index contributed by atoms with van der Waals surface area (Å²) in [6.45, 7) is 8.32. The van der Waals surface area contributed by atoms with E-state index in [-0.39, 0.29) is 18.1 Å². The number of rotatable bonds is 10. The topological polar surface area (TPSA) is 180 Å². The molecule has 53 heavy (non-hydrogen) atoms. The van der Waals surface area contributed by atoms with E-state index in [1.807, 2.05) is 36.1 Å². The van der Waals surface area contributed by atoms with Gasteiger partial charge in [0.1, 0.15) is 11.5 Å². The van der Waals surface area contributed by atoms with Gasteiger partial charge in [-0.3, -0.25) is 4.90 Å². The minimum Gasteiger partial charge on any atom is -0.507 e. The van der Waals surface area contributed by atoms with Crippen LogP contribution in [0.2, 0.25) is 0 Å². The van der Waals surface area contributed by atoms with Gasteiger partial charge in [-0.05, 0) is 55.8 Å². The zero-order chi connectivity index (χ0) is 37.1. The fourth-order valence-corrected chi connectivity index (χ4v) is 8.50. The Morgan fingerprint density at radius 1 is 0.755 bits per heavy atom. The molecule has 2 aliphatic heterocycles. The third-order valence-corrected chi connectivity index (χ3v) is 11.7. The molecule has 14 nitrogen and oxygen atoms in total. The number of para-hydroxylation sites is 2. The van der Waals surface area contributed by atoms with Crippen LogP contribution in [0.15, 0.2) is 91.0 Å². The number of nitrogen functional groups attached to an aromatic ring is 2. The van der Waals surface area contributed by atoms with Crippen molar-refractivity contribution in [1.29, 1.82) is 0 Å². The van der Waals surface area contributed by atoms with Gasteiger partial charge in [-0.1, -0.05) is 54.6 Å². The number of anilines is 4. The lowest BCUT2D eigenvalue weighted by molar-refractivity contribution is 0.198. The Balaban J connectivity index is 1.01. The largest absolute Gasteiger partial charge is 0.507 e. The lowest BCUT2D eigenvalue weighted by Crippen LogP contribution is -2.55. The molecule has 5 N–H and O–H groups in total. The van der Waals surface area contributed by atoms with Crippen LogP contribution in [0.5, 0.6) is 11.5 Å². The second-order valence-electron chi connectivity index (χ2n) is 13.4. The predicted molar refractivity (Wildman–Crippen MR) is 207 cm³/mol. The van der Waals surface area contributed by atoms with Crippen molar-refractivity contribution in [1.82, 2.24) is 29.6 Å². The molecule has 4 heterocycles. The van der Waals surface area contributed by atoms with Crippen LogP contribution in [0.4, 0.5) is 23.0 Å². The summed E-state index contributed by atoms with van der Waals surface area (Å²) < 4.78 is 34.9. The number of hydrogen-bond acceptors (Lipinski definition) is 13. The van der Waals surface area contributed by atoms with E-state index in [2.05, 4.69) is 61.4 Å². The molecule has 15 heteroatoms. The van der Waals surface area contributed by atoms with Crippen LogP contribution in [-0.4, -0.2) is 101 Å². The van der Waals surface area contributed by atoms with E-state index in [0.29, 0.717) is 58.9 Å². The van der Waals surface area contributed by atoms with Crippen LogP contribution in [0.3, 0.4) is 0 Å². The fourth-order valence-electron chi connectivity index (χ4n) is 7.12. The van der Waals surface area contributed by atoms with Gasteiger partial charge in [0.25, 0.3) is 0 Å². The van der Waals surface area contributed by atoms with Gasteiger partial charge < -0.3 is 31.1 Å². The average Bonchev–Trinajstić information content (AvgIpc) is 3.18. The van der Waals surface area contributed by atoms with Gasteiger partial charge in [0.05, 0.1) is 22.8 Å². The zero-order valence-electron chi connectivity index (χ0n) is 29.8. The van der Waals surface area contributed by atoms with Crippen LogP contribution in [0.1, 0.15) is 25.5 Å². The van der Waals surface area contributed by atoms with Gasteiger partial charge in [-0.15, -0.1) is 20.4 Å². The van der Waals surface area contributed by atoms with Crippen LogP contribution in [-0.2, 0) is 10.0 Å². The predicted octanol–water partition coefficient (Wildman–Crippen LogP) is 4.23. The van der Waals surface area contributed by atoms with Crippen molar-refractivity contribution in [2.24, 2.45) is 0 Å². The summed E-state index contributed by atoms with van der Waals surface area (Å²) in [4.78, 5) is 6.67. The molecule has 0 amide bonds. The number of aromatic hydroxyl groups is 1. The van der Waals surface area contributed by atoms with Crippen molar-refractivity contribution in [2.75, 3.05) is 73.0 Å². The summed E-state index contributed by atoms with van der Waals surface area (Å²) in [5.41, 5.74) is 17.4. The normalized spacial score (nSPS) is 17.8. The summed E-state index contributed by atoms with van der Waals surface area (Å²) in [5.74, 6) is 0.464. The summed E-state index contributed by atoms with van der Waals surface area (Å²) >= 11 is 0. The molecule has 0 bridgehead atoms. The van der Waals surface area contributed by atoms with Crippen LogP contribution in [0.25, 0.3) is 22.5 Å². The molecule has 7 rings (SSSR count). The highest BCUT2D eigenvalue weighted by atomic mass is 32.2. The van der Waals surface area contributed by atoms with Crippen molar-refractivity contribution >= 4 is 33.0 Å². The first-order valence-electron chi connectivity index (χ1n) is 17.6. The van der Waals surface area contributed by atoms with Crippen LogP contribution < -0.4 is 26.0 Å². The van der Waals surface area contributed by atoms with E-state index in [9.17, 15) is 13.5 Å². The maximum atomic E-state index is 13.7. The molecule has 5 aromatic rings. The molecule has 2 fully saturated rings. The molecular formula is C38H44N10O4S. The van der Waals surface area contributed by atoms with Gasteiger partial charge in [0.2, 0.25) is 16.0 Å². The number of hydrogen-bond donors (Lipinski definition) is 3. The number of phenolic OH excluding ortho intramolecular Hbond substituents is 1. The second kappa shape index (κ2) is 15.2. The van der Waals surface area contributed by atoms with Gasteiger partial charge in [0.15, 0.2) is 11.6 Å². The van der Waals surface area contributed by atoms with Crippen molar-refractivity contribution in [3.8, 4) is 34.0 Å². The zero-order valence-corrected chi connectivity index (χ0v) is 30.6. The van der Waals surface area contributed by atoms with Crippen LogP contribution >= 0.6 is 0 Å². The molecule has 0 radical (unpaired) electrons.